The van der Waals surface area contributed by atoms with Crippen molar-refractivity contribution in [1.29, 1.82) is 0 Å². The summed E-state index contributed by atoms with van der Waals surface area (Å²) in [5, 5.41) is 3.75. The number of ether oxygens (including phenoxy) is 2. The van der Waals surface area contributed by atoms with E-state index in [1.54, 1.807) is 7.11 Å². The highest BCUT2D eigenvalue weighted by molar-refractivity contribution is 7.99. The Balaban J connectivity index is 1.51. The normalized spacial score (nSPS) is 17.7. The van der Waals surface area contributed by atoms with E-state index in [9.17, 15) is 0 Å². The number of methoxy groups -OCH3 is 1. The second-order valence-corrected chi connectivity index (χ2v) is 9.26. The molecule has 2 atom stereocenters. The fourth-order valence-electron chi connectivity index (χ4n) is 2.98. The van der Waals surface area contributed by atoms with Crippen molar-refractivity contribution in [3.8, 4) is 11.5 Å². The van der Waals surface area contributed by atoms with Crippen LogP contribution in [0.2, 0.25) is 0 Å². The van der Waals surface area contributed by atoms with Crippen LogP contribution < -0.4 is 14.8 Å². The fraction of sp³-hybridized carbons (Fsp3) is 0.455. The Morgan fingerprint density at radius 1 is 1.19 bits per heavy atom. The second kappa shape index (κ2) is 10.3. The van der Waals surface area contributed by atoms with E-state index in [1.807, 2.05) is 41.7 Å². The van der Waals surface area contributed by atoms with E-state index in [-0.39, 0.29) is 0 Å². The maximum Gasteiger partial charge on any atom is 0.132 e. The van der Waals surface area contributed by atoms with Crippen LogP contribution >= 0.6 is 23.5 Å². The quantitative estimate of drug-likeness (QED) is 0.612. The van der Waals surface area contributed by atoms with Crippen LogP contribution in [0.4, 0.5) is 0 Å². The van der Waals surface area contributed by atoms with E-state index in [2.05, 4.69) is 49.5 Å². The van der Waals surface area contributed by atoms with Crippen LogP contribution in [0.3, 0.4) is 0 Å². The van der Waals surface area contributed by atoms with Crippen LogP contribution in [-0.4, -0.2) is 37.8 Å². The van der Waals surface area contributed by atoms with Crippen LogP contribution in [0.5, 0.6) is 11.5 Å². The third-order valence-electron chi connectivity index (χ3n) is 4.86. The summed E-state index contributed by atoms with van der Waals surface area (Å²) in [6.07, 6.45) is 0. The van der Waals surface area contributed by atoms with Gasteiger partial charge in [0, 0.05) is 21.3 Å². The maximum atomic E-state index is 6.01. The molecule has 1 unspecified atom stereocenters. The third-order valence-corrected chi connectivity index (χ3v) is 7.32. The molecule has 0 amide bonds. The van der Waals surface area contributed by atoms with Gasteiger partial charge in [-0.25, -0.2) is 0 Å². The smallest absolute Gasteiger partial charge is 0.132 e. The summed E-state index contributed by atoms with van der Waals surface area (Å²) in [4.78, 5) is 2.46. The van der Waals surface area contributed by atoms with Gasteiger partial charge in [0.15, 0.2) is 0 Å². The molecule has 3 rings (SSSR count). The van der Waals surface area contributed by atoms with E-state index in [0.717, 1.165) is 36.2 Å². The summed E-state index contributed by atoms with van der Waals surface area (Å²) in [6, 6.07) is 17.0. The van der Waals surface area contributed by atoms with Crippen molar-refractivity contribution in [3.05, 3.63) is 48.5 Å². The summed E-state index contributed by atoms with van der Waals surface area (Å²) >= 11 is 3.77. The minimum Gasteiger partial charge on any atom is -0.496 e. The molecule has 0 aliphatic carbocycles. The molecule has 0 aromatic heterocycles. The zero-order valence-corrected chi connectivity index (χ0v) is 17.9. The highest BCUT2D eigenvalue weighted by atomic mass is 32.2. The third kappa shape index (κ3) is 5.84. The van der Waals surface area contributed by atoms with Crippen molar-refractivity contribution < 1.29 is 9.47 Å². The SMILES string of the molecule is COc1ccccc1SC[C@@H](CNC1COc2ccccc2SC1)C(C)C. The molecule has 0 spiro atoms. The predicted molar refractivity (Wildman–Crippen MR) is 116 cm³/mol. The molecule has 3 nitrogen and oxygen atoms in total. The Hall–Kier alpha value is -1.30. The average Bonchev–Trinajstić information content (AvgIpc) is 2.90. The van der Waals surface area contributed by atoms with Gasteiger partial charge in [0.25, 0.3) is 0 Å². The highest BCUT2D eigenvalue weighted by Crippen LogP contribution is 2.33. The molecule has 0 saturated heterocycles. The maximum absolute atomic E-state index is 6.01. The van der Waals surface area contributed by atoms with Crippen LogP contribution in [0.1, 0.15) is 13.8 Å². The summed E-state index contributed by atoms with van der Waals surface area (Å²) in [5.74, 6) is 5.31. The first-order valence-corrected chi connectivity index (χ1v) is 11.5. The topological polar surface area (TPSA) is 30.5 Å². The largest absolute Gasteiger partial charge is 0.496 e. The van der Waals surface area contributed by atoms with Gasteiger partial charge < -0.3 is 14.8 Å². The molecule has 1 aliphatic rings. The fourth-order valence-corrected chi connectivity index (χ4v) is 5.38. The number of hydrogen-bond acceptors (Lipinski definition) is 5. The molecule has 0 radical (unpaired) electrons. The first kappa shape index (κ1) is 20.4. The highest BCUT2D eigenvalue weighted by Gasteiger charge is 2.20. The number of fused-ring (bicyclic) bond motifs is 1. The van der Waals surface area contributed by atoms with Gasteiger partial charge in [-0.2, -0.15) is 0 Å². The molecule has 0 bridgehead atoms. The summed E-state index contributed by atoms with van der Waals surface area (Å²) in [6.45, 7) is 6.35. The van der Waals surface area contributed by atoms with Crippen molar-refractivity contribution in [1.82, 2.24) is 5.32 Å². The number of nitrogens with one attached hydrogen (secondary N) is 1. The molecular weight excluding hydrogens is 374 g/mol. The van der Waals surface area contributed by atoms with Gasteiger partial charge in [-0.1, -0.05) is 38.1 Å². The standard InChI is InChI=1S/C22H29NO2S2/c1-16(2)17(14-26-21-10-6-4-8-19(21)24-3)12-23-18-13-25-20-9-5-7-11-22(20)27-15-18/h4-11,16-18,23H,12-15H2,1-3H3/t17-,18?/m1/s1. The van der Waals surface area contributed by atoms with Crippen molar-refractivity contribution >= 4 is 23.5 Å². The van der Waals surface area contributed by atoms with E-state index in [0.29, 0.717) is 17.9 Å². The van der Waals surface area contributed by atoms with Gasteiger partial charge in [0.1, 0.15) is 18.1 Å². The van der Waals surface area contributed by atoms with Crippen LogP contribution in [-0.2, 0) is 0 Å². The number of rotatable bonds is 8. The average molecular weight is 404 g/mol. The number of benzene rings is 2. The lowest BCUT2D eigenvalue weighted by molar-refractivity contribution is 0.263. The van der Waals surface area contributed by atoms with Crippen molar-refractivity contribution in [2.24, 2.45) is 11.8 Å². The van der Waals surface area contributed by atoms with Crippen molar-refractivity contribution in [3.63, 3.8) is 0 Å². The number of thioether (sulfide) groups is 2. The van der Waals surface area contributed by atoms with E-state index >= 15 is 0 Å². The van der Waals surface area contributed by atoms with Crippen molar-refractivity contribution in [2.75, 3.05) is 31.8 Å². The van der Waals surface area contributed by atoms with Crippen LogP contribution in [0, 0.1) is 11.8 Å². The van der Waals surface area contributed by atoms with Crippen LogP contribution in [0.15, 0.2) is 58.3 Å². The zero-order valence-electron chi connectivity index (χ0n) is 16.3. The molecule has 5 heteroatoms. The first-order chi connectivity index (χ1) is 13.2. The Kier molecular flexibility index (Phi) is 7.80. The summed E-state index contributed by atoms with van der Waals surface area (Å²) < 4.78 is 11.5. The molecular formula is C22H29NO2S2. The van der Waals surface area contributed by atoms with Gasteiger partial charge in [0.2, 0.25) is 0 Å². The predicted octanol–water partition coefficient (Wildman–Crippen LogP) is 5.20. The van der Waals surface area contributed by atoms with Gasteiger partial charge in [0.05, 0.1) is 13.2 Å². The lowest BCUT2D eigenvalue weighted by atomic mass is 9.98. The monoisotopic (exact) mass is 403 g/mol. The minimum atomic E-state index is 0.375. The summed E-state index contributed by atoms with van der Waals surface area (Å²) in [5.41, 5.74) is 0. The van der Waals surface area contributed by atoms with E-state index < -0.39 is 0 Å². The summed E-state index contributed by atoms with van der Waals surface area (Å²) in [7, 11) is 1.74. The zero-order chi connectivity index (χ0) is 19.1. The van der Waals surface area contributed by atoms with Gasteiger partial charge in [-0.3, -0.25) is 0 Å². The number of para-hydroxylation sites is 2. The molecule has 2 aromatic rings. The molecule has 1 heterocycles. The van der Waals surface area contributed by atoms with Crippen molar-refractivity contribution in [2.45, 2.75) is 29.7 Å². The lowest BCUT2D eigenvalue weighted by Crippen LogP contribution is -2.40. The molecule has 1 aliphatic heterocycles. The Bertz CT molecular complexity index is 696. The van der Waals surface area contributed by atoms with E-state index in [4.69, 9.17) is 9.47 Å². The number of hydrogen-bond donors (Lipinski definition) is 1. The second-order valence-electron chi connectivity index (χ2n) is 7.14. The van der Waals surface area contributed by atoms with Gasteiger partial charge in [-0.05, 0) is 42.6 Å². The van der Waals surface area contributed by atoms with Crippen LogP contribution in [0.25, 0.3) is 0 Å². The van der Waals surface area contributed by atoms with Gasteiger partial charge >= 0.3 is 0 Å². The Morgan fingerprint density at radius 2 is 1.96 bits per heavy atom. The molecule has 2 aromatic carbocycles. The molecule has 146 valence electrons. The molecule has 1 N–H and O–H groups in total. The molecule has 0 fully saturated rings. The minimum absolute atomic E-state index is 0.375. The Labute approximate surface area is 171 Å². The lowest BCUT2D eigenvalue weighted by Gasteiger charge is -2.24. The van der Waals surface area contributed by atoms with Gasteiger partial charge in [-0.15, -0.1) is 23.5 Å². The first-order valence-electron chi connectivity index (χ1n) is 9.51. The molecule has 27 heavy (non-hydrogen) atoms. The molecule has 0 saturated carbocycles. The Morgan fingerprint density at radius 3 is 2.78 bits per heavy atom. The van der Waals surface area contributed by atoms with E-state index in [1.165, 1.54) is 9.79 Å².